The molecule has 0 aliphatic rings. The second kappa shape index (κ2) is 11.8. The third kappa shape index (κ3) is 7.25. The van der Waals surface area contributed by atoms with Gasteiger partial charge in [0.1, 0.15) is 5.00 Å². The second-order valence-corrected chi connectivity index (χ2v) is 7.18. The van der Waals surface area contributed by atoms with Gasteiger partial charge in [-0.1, -0.05) is 20.3 Å². The lowest BCUT2D eigenvalue weighted by Gasteiger charge is -2.21. The van der Waals surface area contributed by atoms with Crippen LogP contribution >= 0.6 is 11.3 Å². The summed E-state index contributed by atoms with van der Waals surface area (Å²) in [5, 5.41) is 3.16. The number of esters is 1. The van der Waals surface area contributed by atoms with Gasteiger partial charge in [0.2, 0.25) is 5.91 Å². The van der Waals surface area contributed by atoms with Gasteiger partial charge in [0, 0.05) is 13.0 Å². The van der Waals surface area contributed by atoms with Crippen LogP contribution in [-0.4, -0.2) is 48.8 Å². The molecule has 0 aliphatic heterocycles. The lowest BCUT2D eigenvalue weighted by Crippen LogP contribution is -2.29. The van der Waals surface area contributed by atoms with Crippen LogP contribution in [0.5, 0.6) is 0 Å². The van der Waals surface area contributed by atoms with Crippen LogP contribution in [0.3, 0.4) is 0 Å². The maximum absolute atomic E-state index is 12.3. The van der Waals surface area contributed by atoms with Crippen molar-refractivity contribution in [3.63, 3.8) is 0 Å². The monoisotopic (exact) mass is 382 g/mol. The smallest absolute Gasteiger partial charge is 0.341 e. The molecule has 0 fully saturated rings. The third-order valence-electron chi connectivity index (χ3n) is 3.85. The molecule has 0 bridgehead atoms. The topological polar surface area (TPSA) is 75.7 Å². The van der Waals surface area contributed by atoms with E-state index in [0.717, 1.165) is 43.7 Å². The number of ketones is 1. The molecule has 26 heavy (non-hydrogen) atoms. The summed E-state index contributed by atoms with van der Waals surface area (Å²) in [6.45, 7) is 10.3. The molecule has 6 nitrogen and oxygen atoms in total. The highest BCUT2D eigenvalue weighted by Crippen LogP contribution is 2.29. The van der Waals surface area contributed by atoms with Crippen molar-refractivity contribution in [1.82, 2.24) is 4.90 Å². The van der Waals surface area contributed by atoms with Crippen molar-refractivity contribution in [2.24, 2.45) is 0 Å². The molecule has 0 saturated heterocycles. The Hall–Kier alpha value is -1.73. The Morgan fingerprint density at radius 2 is 1.85 bits per heavy atom. The van der Waals surface area contributed by atoms with E-state index in [4.69, 9.17) is 4.74 Å². The number of nitrogens with zero attached hydrogens (tertiary/aromatic N) is 1. The molecule has 0 aliphatic carbocycles. The number of hydrogen-bond acceptors (Lipinski definition) is 6. The predicted molar refractivity (Wildman–Crippen MR) is 105 cm³/mol. The van der Waals surface area contributed by atoms with Crippen LogP contribution in [0.25, 0.3) is 0 Å². The summed E-state index contributed by atoms with van der Waals surface area (Å²) in [6.07, 6.45) is 3.63. The van der Waals surface area contributed by atoms with Crippen molar-refractivity contribution in [3.05, 3.63) is 16.5 Å². The van der Waals surface area contributed by atoms with Gasteiger partial charge < -0.3 is 15.0 Å². The first kappa shape index (κ1) is 22.3. The minimum Gasteiger partial charge on any atom is -0.462 e. The number of hydrogen-bond donors (Lipinski definition) is 1. The highest BCUT2D eigenvalue weighted by molar-refractivity contribution is 7.18. The molecule has 7 heteroatoms. The molecule has 1 heterocycles. The van der Waals surface area contributed by atoms with E-state index in [0.29, 0.717) is 22.8 Å². The molecule has 0 unspecified atom stereocenters. The van der Waals surface area contributed by atoms with Gasteiger partial charge in [0.05, 0.1) is 17.0 Å². The molecular formula is C19H30N2O4S. The molecule has 1 aromatic rings. The van der Waals surface area contributed by atoms with Gasteiger partial charge in [-0.05, 0) is 45.8 Å². The summed E-state index contributed by atoms with van der Waals surface area (Å²) in [4.78, 5) is 38.7. The van der Waals surface area contributed by atoms with E-state index in [9.17, 15) is 14.4 Å². The number of unbranched alkanes of at least 4 members (excludes halogenated alkanes) is 1. The fourth-order valence-electron chi connectivity index (χ4n) is 2.50. The maximum atomic E-state index is 12.3. The number of amides is 1. The maximum Gasteiger partial charge on any atom is 0.341 e. The summed E-state index contributed by atoms with van der Waals surface area (Å²) in [6, 6.07) is 1.49. The van der Waals surface area contributed by atoms with E-state index in [1.165, 1.54) is 13.0 Å². The Kier molecular flexibility index (Phi) is 10.1. The minimum absolute atomic E-state index is 0.144. The van der Waals surface area contributed by atoms with Crippen LogP contribution in [-0.2, 0) is 9.53 Å². The average Bonchev–Trinajstić information content (AvgIpc) is 3.01. The quantitative estimate of drug-likeness (QED) is 0.437. The highest BCUT2D eigenvalue weighted by atomic mass is 32.1. The minimum atomic E-state index is -0.526. The lowest BCUT2D eigenvalue weighted by molar-refractivity contribution is -0.116. The van der Waals surface area contributed by atoms with Crippen LogP contribution in [0.1, 0.15) is 73.4 Å². The number of carbonyl (C=O) groups is 3. The van der Waals surface area contributed by atoms with Gasteiger partial charge in [-0.15, -0.1) is 11.3 Å². The van der Waals surface area contributed by atoms with Crippen molar-refractivity contribution < 1.29 is 19.1 Å². The molecule has 1 amide bonds. The van der Waals surface area contributed by atoms with E-state index in [-0.39, 0.29) is 23.9 Å². The van der Waals surface area contributed by atoms with E-state index in [2.05, 4.69) is 24.1 Å². The van der Waals surface area contributed by atoms with Crippen molar-refractivity contribution in [2.75, 3.05) is 31.6 Å². The zero-order valence-electron chi connectivity index (χ0n) is 16.2. The molecule has 1 N–H and O–H groups in total. The first-order valence-electron chi connectivity index (χ1n) is 9.26. The Balaban J connectivity index is 2.75. The molecule has 1 rings (SSSR count). The Morgan fingerprint density at radius 1 is 1.12 bits per heavy atom. The zero-order chi connectivity index (χ0) is 19.5. The summed E-state index contributed by atoms with van der Waals surface area (Å²) in [5.74, 6) is -0.832. The number of anilines is 1. The predicted octanol–water partition coefficient (Wildman–Crippen LogP) is 3.97. The molecule has 0 radical (unpaired) electrons. The molecule has 146 valence electrons. The molecule has 0 aromatic carbocycles. The standard InChI is InChI=1S/C19H30N2O4S/c1-5-8-11-21(10-6-2)12-9-17(23)20-18-15(19(24)25-7-3)13-16(26-18)14(4)22/h13H,5-12H2,1-4H3,(H,20,23). The summed E-state index contributed by atoms with van der Waals surface area (Å²) in [5.41, 5.74) is 0.242. The Morgan fingerprint density at radius 3 is 2.42 bits per heavy atom. The van der Waals surface area contributed by atoms with E-state index >= 15 is 0 Å². The van der Waals surface area contributed by atoms with Crippen LogP contribution in [0.2, 0.25) is 0 Å². The first-order chi connectivity index (χ1) is 12.4. The van der Waals surface area contributed by atoms with Crippen LogP contribution < -0.4 is 5.32 Å². The van der Waals surface area contributed by atoms with E-state index in [1.807, 2.05) is 0 Å². The van der Waals surface area contributed by atoms with Crippen LogP contribution in [0, 0.1) is 0 Å². The number of thiophene rings is 1. The molecular weight excluding hydrogens is 352 g/mol. The van der Waals surface area contributed by atoms with Gasteiger partial charge in [-0.2, -0.15) is 0 Å². The lowest BCUT2D eigenvalue weighted by atomic mass is 10.2. The van der Waals surface area contributed by atoms with Gasteiger partial charge in [-0.3, -0.25) is 9.59 Å². The number of carbonyl (C=O) groups excluding carboxylic acids is 3. The fourth-order valence-corrected chi connectivity index (χ4v) is 3.46. The first-order valence-corrected chi connectivity index (χ1v) is 10.1. The van der Waals surface area contributed by atoms with Crippen molar-refractivity contribution in [3.8, 4) is 0 Å². The Bertz CT molecular complexity index is 613. The van der Waals surface area contributed by atoms with Crippen molar-refractivity contribution >= 4 is 34.0 Å². The van der Waals surface area contributed by atoms with Gasteiger partial charge in [0.25, 0.3) is 0 Å². The summed E-state index contributed by atoms with van der Waals surface area (Å²) in [7, 11) is 0. The zero-order valence-corrected chi connectivity index (χ0v) is 17.0. The van der Waals surface area contributed by atoms with Crippen molar-refractivity contribution in [1.29, 1.82) is 0 Å². The number of ether oxygens (including phenoxy) is 1. The molecule has 1 aromatic heterocycles. The summed E-state index contributed by atoms with van der Waals surface area (Å²) >= 11 is 1.11. The largest absolute Gasteiger partial charge is 0.462 e. The van der Waals surface area contributed by atoms with Crippen LogP contribution in [0.15, 0.2) is 6.07 Å². The van der Waals surface area contributed by atoms with Gasteiger partial charge in [-0.25, -0.2) is 4.79 Å². The second-order valence-electron chi connectivity index (χ2n) is 6.12. The van der Waals surface area contributed by atoms with E-state index in [1.54, 1.807) is 6.92 Å². The SMILES string of the molecule is CCCCN(CCC)CCC(=O)Nc1sc(C(C)=O)cc1C(=O)OCC. The normalized spacial score (nSPS) is 10.8. The fraction of sp³-hybridized carbons (Fsp3) is 0.632. The Labute approximate surface area is 159 Å². The van der Waals surface area contributed by atoms with Gasteiger partial charge in [0.15, 0.2) is 5.78 Å². The molecule has 0 spiro atoms. The van der Waals surface area contributed by atoms with Crippen molar-refractivity contribution in [2.45, 2.75) is 53.4 Å². The number of nitrogens with one attached hydrogen (secondary N) is 1. The number of Topliss-reactive ketones (excluding diaryl/α,β-unsaturated/α-hetero) is 1. The highest BCUT2D eigenvalue weighted by Gasteiger charge is 2.20. The van der Waals surface area contributed by atoms with Gasteiger partial charge >= 0.3 is 5.97 Å². The summed E-state index contributed by atoms with van der Waals surface area (Å²) < 4.78 is 5.01. The van der Waals surface area contributed by atoms with E-state index < -0.39 is 5.97 Å². The number of rotatable bonds is 12. The average molecular weight is 383 g/mol. The molecule has 0 atom stereocenters. The third-order valence-corrected chi connectivity index (χ3v) is 5.00. The van der Waals surface area contributed by atoms with Crippen LogP contribution in [0.4, 0.5) is 5.00 Å². The molecule has 0 saturated carbocycles.